The molecule has 0 bridgehead atoms. The van der Waals surface area contributed by atoms with Crippen LogP contribution in [-0.2, 0) is 16.0 Å². The Kier molecular flexibility index (Phi) is 4.47. The van der Waals surface area contributed by atoms with Gasteiger partial charge in [0.05, 0.1) is 6.26 Å². The third-order valence-corrected chi connectivity index (χ3v) is 3.66. The molecule has 1 amide bonds. The number of fused-ring (bicyclic) bond motifs is 1. The molecular formula is C18H16N2O4. The molecule has 3 N–H and O–H groups in total. The van der Waals surface area contributed by atoms with Crippen molar-refractivity contribution in [3.63, 3.8) is 0 Å². The number of aliphatic carboxylic acids is 1. The number of carboxylic acid groups (broad SMARTS) is 1. The molecule has 2 heterocycles. The zero-order valence-corrected chi connectivity index (χ0v) is 12.7. The second-order valence-corrected chi connectivity index (χ2v) is 5.31. The molecule has 0 saturated carbocycles. The monoisotopic (exact) mass is 324 g/mol. The first-order valence-corrected chi connectivity index (χ1v) is 7.43. The number of hydrogen-bond acceptors (Lipinski definition) is 3. The van der Waals surface area contributed by atoms with E-state index in [4.69, 9.17) is 4.42 Å². The molecule has 0 radical (unpaired) electrons. The molecular weight excluding hydrogens is 308 g/mol. The number of carbonyl (C=O) groups excluding carboxylic acids is 1. The first-order valence-electron chi connectivity index (χ1n) is 7.43. The predicted octanol–water partition coefficient (Wildman–Crippen LogP) is 2.59. The Bertz CT molecular complexity index is 877. The lowest BCUT2D eigenvalue weighted by atomic mass is 10.0. The Morgan fingerprint density at radius 1 is 1.25 bits per heavy atom. The van der Waals surface area contributed by atoms with Crippen LogP contribution in [0.25, 0.3) is 17.0 Å². The number of H-pyrrole nitrogens is 1. The molecule has 0 fully saturated rings. The number of benzene rings is 1. The number of hydrogen-bond donors (Lipinski definition) is 3. The molecule has 1 atom stereocenters. The number of furan rings is 1. The van der Waals surface area contributed by atoms with Gasteiger partial charge < -0.3 is 19.8 Å². The second-order valence-electron chi connectivity index (χ2n) is 5.31. The molecule has 6 heteroatoms. The highest BCUT2D eigenvalue weighted by molar-refractivity contribution is 5.94. The van der Waals surface area contributed by atoms with E-state index in [0.29, 0.717) is 5.76 Å². The van der Waals surface area contributed by atoms with Gasteiger partial charge in [-0.1, -0.05) is 18.2 Å². The van der Waals surface area contributed by atoms with Crippen molar-refractivity contribution < 1.29 is 19.1 Å². The molecule has 122 valence electrons. The van der Waals surface area contributed by atoms with Crippen LogP contribution in [0, 0.1) is 0 Å². The summed E-state index contributed by atoms with van der Waals surface area (Å²) in [6, 6.07) is 10.0. The van der Waals surface area contributed by atoms with Gasteiger partial charge in [0, 0.05) is 29.6 Å². The van der Waals surface area contributed by atoms with Crippen molar-refractivity contribution in [1.29, 1.82) is 0 Å². The highest BCUT2D eigenvalue weighted by Gasteiger charge is 2.21. The van der Waals surface area contributed by atoms with E-state index in [1.165, 1.54) is 18.4 Å². The van der Waals surface area contributed by atoms with E-state index in [1.807, 2.05) is 24.3 Å². The number of carbonyl (C=O) groups is 2. The molecule has 3 rings (SSSR count). The summed E-state index contributed by atoms with van der Waals surface area (Å²) >= 11 is 0. The van der Waals surface area contributed by atoms with Gasteiger partial charge in [0.2, 0.25) is 5.91 Å². The summed E-state index contributed by atoms with van der Waals surface area (Å²) in [5, 5.41) is 12.8. The maximum Gasteiger partial charge on any atom is 0.326 e. The number of amides is 1. The number of para-hydroxylation sites is 1. The largest absolute Gasteiger partial charge is 0.480 e. The lowest BCUT2D eigenvalue weighted by Gasteiger charge is -2.12. The minimum Gasteiger partial charge on any atom is -0.480 e. The molecule has 0 aliphatic carbocycles. The van der Waals surface area contributed by atoms with Crippen LogP contribution in [0.3, 0.4) is 0 Å². The minimum absolute atomic E-state index is 0.194. The third-order valence-electron chi connectivity index (χ3n) is 3.66. The number of rotatable bonds is 6. The van der Waals surface area contributed by atoms with Crippen LogP contribution in [0.4, 0.5) is 0 Å². The molecule has 3 aromatic rings. The van der Waals surface area contributed by atoms with Crippen molar-refractivity contribution in [2.75, 3.05) is 0 Å². The fourth-order valence-electron chi connectivity index (χ4n) is 2.48. The molecule has 24 heavy (non-hydrogen) atoms. The molecule has 0 spiro atoms. The van der Waals surface area contributed by atoms with Gasteiger partial charge in [0.1, 0.15) is 11.8 Å². The topological polar surface area (TPSA) is 95.3 Å². The van der Waals surface area contributed by atoms with Crippen molar-refractivity contribution in [2.24, 2.45) is 0 Å². The molecule has 0 aliphatic heterocycles. The Labute approximate surface area is 137 Å². The van der Waals surface area contributed by atoms with Crippen LogP contribution < -0.4 is 5.32 Å². The Morgan fingerprint density at radius 3 is 2.83 bits per heavy atom. The second kappa shape index (κ2) is 6.87. The van der Waals surface area contributed by atoms with E-state index < -0.39 is 17.9 Å². The van der Waals surface area contributed by atoms with Gasteiger partial charge in [-0.15, -0.1) is 0 Å². The summed E-state index contributed by atoms with van der Waals surface area (Å²) in [4.78, 5) is 26.5. The van der Waals surface area contributed by atoms with Crippen molar-refractivity contribution in [3.05, 3.63) is 66.3 Å². The van der Waals surface area contributed by atoms with E-state index >= 15 is 0 Å². The van der Waals surface area contributed by atoms with Crippen LogP contribution in [0.15, 0.2) is 59.4 Å². The number of carboxylic acids is 1. The van der Waals surface area contributed by atoms with Gasteiger partial charge in [0.25, 0.3) is 0 Å². The number of nitrogens with one attached hydrogen (secondary N) is 2. The highest BCUT2D eigenvalue weighted by Crippen LogP contribution is 2.19. The number of aromatic amines is 1. The van der Waals surface area contributed by atoms with Crippen LogP contribution >= 0.6 is 0 Å². The Morgan fingerprint density at radius 2 is 2.08 bits per heavy atom. The summed E-state index contributed by atoms with van der Waals surface area (Å²) in [5.41, 5.74) is 1.77. The normalized spacial score (nSPS) is 12.5. The summed E-state index contributed by atoms with van der Waals surface area (Å²) in [7, 11) is 0. The SMILES string of the molecule is O=C(/C=C/c1ccco1)N[C@@H](Cc1c[nH]c2ccccc12)C(=O)O. The van der Waals surface area contributed by atoms with Gasteiger partial charge in [0.15, 0.2) is 0 Å². The molecule has 6 nitrogen and oxygen atoms in total. The maximum absolute atomic E-state index is 11.9. The predicted molar refractivity (Wildman–Crippen MR) is 89.3 cm³/mol. The third kappa shape index (κ3) is 3.55. The van der Waals surface area contributed by atoms with Crippen molar-refractivity contribution >= 4 is 28.9 Å². The van der Waals surface area contributed by atoms with Crippen LogP contribution in [0.5, 0.6) is 0 Å². The summed E-state index contributed by atoms with van der Waals surface area (Å²) in [6.07, 6.45) is 6.20. The number of aromatic nitrogens is 1. The average molecular weight is 324 g/mol. The van der Waals surface area contributed by atoms with E-state index in [9.17, 15) is 14.7 Å². The van der Waals surface area contributed by atoms with E-state index in [1.54, 1.807) is 18.3 Å². The minimum atomic E-state index is -1.08. The first kappa shape index (κ1) is 15.6. The van der Waals surface area contributed by atoms with Gasteiger partial charge >= 0.3 is 5.97 Å². The van der Waals surface area contributed by atoms with Crippen LogP contribution in [0.1, 0.15) is 11.3 Å². The Hall–Kier alpha value is -3.28. The summed E-state index contributed by atoms with van der Waals surface area (Å²) < 4.78 is 5.08. The lowest BCUT2D eigenvalue weighted by Crippen LogP contribution is -2.41. The zero-order valence-electron chi connectivity index (χ0n) is 12.7. The lowest BCUT2D eigenvalue weighted by molar-refractivity contribution is -0.141. The van der Waals surface area contributed by atoms with Crippen LogP contribution in [-0.4, -0.2) is 28.0 Å². The summed E-state index contributed by atoms with van der Waals surface area (Å²) in [6.45, 7) is 0. The fraction of sp³-hybridized carbons (Fsp3) is 0.111. The molecule has 0 aliphatic rings. The van der Waals surface area contributed by atoms with E-state index in [0.717, 1.165) is 16.5 Å². The first-order chi connectivity index (χ1) is 11.6. The van der Waals surface area contributed by atoms with E-state index in [-0.39, 0.29) is 6.42 Å². The molecule has 2 aromatic heterocycles. The quantitative estimate of drug-likeness (QED) is 0.607. The zero-order chi connectivity index (χ0) is 16.9. The fourth-order valence-corrected chi connectivity index (χ4v) is 2.48. The van der Waals surface area contributed by atoms with Crippen LogP contribution in [0.2, 0.25) is 0 Å². The van der Waals surface area contributed by atoms with Gasteiger partial charge in [-0.3, -0.25) is 4.79 Å². The smallest absolute Gasteiger partial charge is 0.326 e. The molecule has 0 saturated heterocycles. The molecule has 0 unspecified atom stereocenters. The Balaban J connectivity index is 1.71. The van der Waals surface area contributed by atoms with Crippen molar-refractivity contribution in [1.82, 2.24) is 10.3 Å². The highest BCUT2D eigenvalue weighted by atomic mass is 16.4. The maximum atomic E-state index is 11.9. The van der Waals surface area contributed by atoms with E-state index in [2.05, 4.69) is 10.3 Å². The van der Waals surface area contributed by atoms with Crippen molar-refractivity contribution in [2.45, 2.75) is 12.5 Å². The van der Waals surface area contributed by atoms with Gasteiger partial charge in [-0.05, 0) is 29.8 Å². The standard InChI is InChI=1S/C18H16N2O4/c21-17(8-7-13-4-3-9-24-13)20-16(18(22)23)10-12-11-19-15-6-2-1-5-14(12)15/h1-9,11,16,19H,10H2,(H,20,21)(H,22,23)/b8-7+/t16-/m0/s1. The molecule has 1 aromatic carbocycles. The van der Waals surface area contributed by atoms with Gasteiger partial charge in [-0.2, -0.15) is 0 Å². The average Bonchev–Trinajstić information content (AvgIpc) is 3.22. The van der Waals surface area contributed by atoms with Crippen molar-refractivity contribution in [3.8, 4) is 0 Å². The summed E-state index contributed by atoms with van der Waals surface area (Å²) in [5.74, 6) is -1.05. The van der Waals surface area contributed by atoms with Gasteiger partial charge in [-0.25, -0.2) is 4.79 Å².